The van der Waals surface area contributed by atoms with Crippen LogP contribution in [-0.2, 0) is 16.1 Å². The molecule has 3 rings (SSSR count). The topological polar surface area (TPSA) is 90.5 Å². The molecule has 0 saturated carbocycles. The van der Waals surface area contributed by atoms with E-state index in [-0.39, 0.29) is 18.4 Å². The predicted octanol–water partition coefficient (Wildman–Crippen LogP) is 0.522. The van der Waals surface area contributed by atoms with E-state index in [1.807, 2.05) is 30.3 Å². The molecule has 0 radical (unpaired) electrons. The number of primary amides is 1. The molecule has 0 spiro atoms. The standard InChI is InChI=1S/C17H20N4O3/c18-17(23)15-10-20(16(22)11-21-8-4-7-19-21)9-13(15)12-24-14-5-2-1-3-6-14/h1-8,13,15H,9-12H2,(H2,18,23)/t13-,15+/m0/s1. The largest absolute Gasteiger partial charge is 0.493 e. The minimum Gasteiger partial charge on any atom is -0.493 e. The van der Waals surface area contributed by atoms with Crippen molar-refractivity contribution >= 4 is 11.8 Å². The van der Waals surface area contributed by atoms with Crippen molar-refractivity contribution < 1.29 is 14.3 Å². The molecule has 126 valence electrons. The molecule has 2 aromatic rings. The summed E-state index contributed by atoms with van der Waals surface area (Å²) in [7, 11) is 0. The van der Waals surface area contributed by atoms with E-state index in [0.717, 1.165) is 5.75 Å². The molecule has 7 nitrogen and oxygen atoms in total. The number of nitrogens with zero attached hydrogens (tertiary/aromatic N) is 3. The van der Waals surface area contributed by atoms with E-state index < -0.39 is 11.8 Å². The Labute approximate surface area is 140 Å². The van der Waals surface area contributed by atoms with E-state index in [4.69, 9.17) is 10.5 Å². The van der Waals surface area contributed by atoms with Crippen molar-refractivity contribution in [3.63, 3.8) is 0 Å². The second-order valence-corrected chi connectivity index (χ2v) is 5.90. The predicted molar refractivity (Wildman–Crippen MR) is 86.9 cm³/mol. The van der Waals surface area contributed by atoms with Gasteiger partial charge in [0.05, 0.1) is 12.5 Å². The highest BCUT2D eigenvalue weighted by atomic mass is 16.5. The van der Waals surface area contributed by atoms with Crippen molar-refractivity contribution in [1.82, 2.24) is 14.7 Å². The third-order valence-corrected chi connectivity index (χ3v) is 4.22. The minimum absolute atomic E-state index is 0.0767. The molecule has 0 unspecified atom stereocenters. The van der Waals surface area contributed by atoms with Gasteiger partial charge in [-0.3, -0.25) is 14.3 Å². The van der Waals surface area contributed by atoms with Crippen LogP contribution in [0, 0.1) is 11.8 Å². The van der Waals surface area contributed by atoms with Crippen LogP contribution in [0.5, 0.6) is 5.75 Å². The molecule has 2 atom stereocenters. The smallest absolute Gasteiger partial charge is 0.244 e. The van der Waals surface area contributed by atoms with Crippen LogP contribution in [0.4, 0.5) is 0 Å². The van der Waals surface area contributed by atoms with Gasteiger partial charge >= 0.3 is 0 Å². The Hall–Kier alpha value is -2.83. The number of hydrogen-bond acceptors (Lipinski definition) is 4. The molecule has 1 saturated heterocycles. The van der Waals surface area contributed by atoms with Gasteiger partial charge in [0, 0.05) is 31.4 Å². The van der Waals surface area contributed by atoms with Crippen molar-refractivity contribution in [2.24, 2.45) is 17.6 Å². The second-order valence-electron chi connectivity index (χ2n) is 5.90. The van der Waals surface area contributed by atoms with E-state index in [1.54, 1.807) is 28.0 Å². The van der Waals surface area contributed by atoms with Gasteiger partial charge < -0.3 is 15.4 Å². The normalized spacial score (nSPS) is 20.1. The van der Waals surface area contributed by atoms with Gasteiger partial charge in [-0.05, 0) is 18.2 Å². The maximum Gasteiger partial charge on any atom is 0.244 e. The number of carbonyl (C=O) groups is 2. The number of ether oxygens (including phenoxy) is 1. The summed E-state index contributed by atoms with van der Waals surface area (Å²) in [5.41, 5.74) is 5.51. The van der Waals surface area contributed by atoms with Crippen LogP contribution in [0.25, 0.3) is 0 Å². The molecule has 2 heterocycles. The number of rotatable bonds is 6. The summed E-state index contributed by atoms with van der Waals surface area (Å²) < 4.78 is 7.31. The SMILES string of the molecule is NC(=O)[C@@H]1CN(C(=O)Cn2cccn2)C[C@H]1COc1ccccc1. The molecule has 0 aliphatic carbocycles. The summed E-state index contributed by atoms with van der Waals surface area (Å²) >= 11 is 0. The quantitative estimate of drug-likeness (QED) is 0.837. The number of amides is 2. The van der Waals surface area contributed by atoms with E-state index >= 15 is 0 Å². The molecule has 1 aliphatic rings. The van der Waals surface area contributed by atoms with Gasteiger partial charge in [-0.1, -0.05) is 18.2 Å². The molecule has 24 heavy (non-hydrogen) atoms. The number of hydrogen-bond donors (Lipinski definition) is 1. The maximum atomic E-state index is 12.4. The lowest BCUT2D eigenvalue weighted by atomic mass is 9.96. The highest BCUT2D eigenvalue weighted by Crippen LogP contribution is 2.25. The van der Waals surface area contributed by atoms with Crippen LogP contribution >= 0.6 is 0 Å². The Balaban J connectivity index is 1.61. The van der Waals surface area contributed by atoms with Crippen LogP contribution < -0.4 is 10.5 Å². The Morgan fingerprint density at radius 3 is 2.67 bits per heavy atom. The summed E-state index contributed by atoms with van der Waals surface area (Å²) in [6.45, 7) is 1.30. The molecule has 2 amide bonds. The zero-order valence-electron chi connectivity index (χ0n) is 13.2. The molecule has 1 aliphatic heterocycles. The first-order valence-corrected chi connectivity index (χ1v) is 7.86. The summed E-state index contributed by atoms with van der Waals surface area (Å²) in [4.78, 5) is 25.8. The number of benzene rings is 1. The van der Waals surface area contributed by atoms with Crippen molar-refractivity contribution in [1.29, 1.82) is 0 Å². The van der Waals surface area contributed by atoms with E-state index in [9.17, 15) is 9.59 Å². The monoisotopic (exact) mass is 328 g/mol. The van der Waals surface area contributed by atoms with E-state index in [1.165, 1.54) is 0 Å². The fourth-order valence-electron chi connectivity index (χ4n) is 2.92. The second kappa shape index (κ2) is 7.16. The molecule has 2 N–H and O–H groups in total. The van der Waals surface area contributed by atoms with Gasteiger partial charge in [-0.2, -0.15) is 5.10 Å². The van der Waals surface area contributed by atoms with Crippen LogP contribution in [0.3, 0.4) is 0 Å². The van der Waals surface area contributed by atoms with Crippen molar-refractivity contribution in [2.75, 3.05) is 19.7 Å². The van der Waals surface area contributed by atoms with Crippen LogP contribution in [0.2, 0.25) is 0 Å². The van der Waals surface area contributed by atoms with Gasteiger partial charge in [0.2, 0.25) is 11.8 Å². The van der Waals surface area contributed by atoms with Gasteiger partial charge in [0.15, 0.2) is 0 Å². The van der Waals surface area contributed by atoms with Gasteiger partial charge in [0.1, 0.15) is 12.3 Å². The molecular formula is C17H20N4O3. The van der Waals surface area contributed by atoms with Gasteiger partial charge in [-0.15, -0.1) is 0 Å². The lowest BCUT2D eigenvalue weighted by Gasteiger charge is -2.17. The number of aromatic nitrogens is 2. The van der Waals surface area contributed by atoms with Crippen LogP contribution in [0.15, 0.2) is 48.8 Å². The van der Waals surface area contributed by atoms with Crippen LogP contribution in [0.1, 0.15) is 0 Å². The number of nitrogens with two attached hydrogens (primary N) is 1. The van der Waals surface area contributed by atoms with Crippen molar-refractivity contribution in [3.8, 4) is 5.75 Å². The molecule has 1 aromatic heterocycles. The summed E-state index contributed by atoms with van der Waals surface area (Å²) in [6, 6.07) is 11.2. The maximum absolute atomic E-state index is 12.4. The Morgan fingerprint density at radius 1 is 1.21 bits per heavy atom. The molecular weight excluding hydrogens is 308 g/mol. The third-order valence-electron chi connectivity index (χ3n) is 4.22. The molecule has 0 bridgehead atoms. The average molecular weight is 328 g/mol. The lowest BCUT2D eigenvalue weighted by molar-refractivity contribution is -0.131. The average Bonchev–Trinajstić information content (AvgIpc) is 3.23. The first-order chi connectivity index (χ1) is 11.6. The van der Waals surface area contributed by atoms with E-state index in [2.05, 4.69) is 5.10 Å². The zero-order chi connectivity index (χ0) is 16.9. The zero-order valence-corrected chi connectivity index (χ0v) is 13.2. The van der Waals surface area contributed by atoms with Gasteiger partial charge in [-0.25, -0.2) is 0 Å². The first kappa shape index (κ1) is 16.0. The fourth-order valence-corrected chi connectivity index (χ4v) is 2.92. The van der Waals surface area contributed by atoms with Crippen LogP contribution in [-0.4, -0.2) is 46.2 Å². The Morgan fingerprint density at radius 2 is 2.00 bits per heavy atom. The van der Waals surface area contributed by atoms with Gasteiger partial charge in [0.25, 0.3) is 0 Å². The van der Waals surface area contributed by atoms with Crippen molar-refractivity contribution in [2.45, 2.75) is 6.54 Å². The number of carbonyl (C=O) groups excluding carboxylic acids is 2. The summed E-state index contributed by atoms with van der Waals surface area (Å²) in [5.74, 6) is -0.236. The third kappa shape index (κ3) is 3.73. The molecule has 1 aromatic carbocycles. The Bertz CT molecular complexity index is 687. The number of para-hydroxylation sites is 1. The highest BCUT2D eigenvalue weighted by Gasteiger charge is 2.38. The lowest BCUT2D eigenvalue weighted by Crippen LogP contribution is -2.34. The highest BCUT2D eigenvalue weighted by molar-refractivity contribution is 5.81. The first-order valence-electron chi connectivity index (χ1n) is 7.86. The van der Waals surface area contributed by atoms with Crippen molar-refractivity contribution in [3.05, 3.63) is 48.8 Å². The minimum atomic E-state index is -0.397. The summed E-state index contributed by atoms with van der Waals surface area (Å²) in [5, 5.41) is 4.03. The summed E-state index contributed by atoms with van der Waals surface area (Å²) in [6.07, 6.45) is 3.36. The molecule has 7 heteroatoms. The number of likely N-dealkylation sites (tertiary alicyclic amines) is 1. The molecule has 1 fully saturated rings. The Kier molecular flexibility index (Phi) is 4.79. The van der Waals surface area contributed by atoms with E-state index in [0.29, 0.717) is 19.7 Å². The fraction of sp³-hybridized carbons (Fsp3) is 0.353.